The lowest BCUT2D eigenvalue weighted by molar-refractivity contribution is -0.137. The predicted octanol–water partition coefficient (Wildman–Crippen LogP) is 1.80. The van der Waals surface area contributed by atoms with E-state index >= 15 is 0 Å². The molecule has 18 heavy (non-hydrogen) atoms. The number of urea groups is 1. The van der Waals surface area contributed by atoms with Crippen molar-refractivity contribution in [2.75, 3.05) is 26.2 Å². The molecule has 1 saturated heterocycles. The molecule has 0 aromatic carbocycles. The van der Waals surface area contributed by atoms with Crippen LogP contribution in [-0.2, 0) is 4.79 Å². The van der Waals surface area contributed by atoms with E-state index < -0.39 is 5.97 Å². The third-order valence-corrected chi connectivity index (χ3v) is 3.41. The summed E-state index contributed by atoms with van der Waals surface area (Å²) in [5.41, 5.74) is 0. The van der Waals surface area contributed by atoms with Crippen LogP contribution in [-0.4, -0.2) is 53.1 Å². The number of carbonyl (C=O) groups excluding carboxylic acids is 1. The maximum atomic E-state index is 12.2. The van der Waals surface area contributed by atoms with E-state index in [0.29, 0.717) is 5.92 Å². The lowest BCUT2D eigenvalue weighted by Gasteiger charge is -2.34. The van der Waals surface area contributed by atoms with Crippen LogP contribution in [0.4, 0.5) is 4.79 Å². The Bertz CT molecular complexity index is 309. The third kappa shape index (κ3) is 4.05. The van der Waals surface area contributed by atoms with Crippen LogP contribution in [0.25, 0.3) is 0 Å². The number of carbonyl (C=O) groups is 2. The number of hydrogen-bond donors (Lipinski definition) is 1. The van der Waals surface area contributed by atoms with Crippen LogP contribution in [0.5, 0.6) is 0 Å². The van der Waals surface area contributed by atoms with Gasteiger partial charge in [0.25, 0.3) is 0 Å². The van der Waals surface area contributed by atoms with E-state index in [2.05, 4.69) is 13.5 Å². The van der Waals surface area contributed by atoms with Gasteiger partial charge in [-0.05, 0) is 18.8 Å². The number of rotatable bonds is 5. The number of hydrogen-bond acceptors (Lipinski definition) is 2. The van der Waals surface area contributed by atoms with Crippen molar-refractivity contribution in [1.82, 2.24) is 9.80 Å². The minimum atomic E-state index is -0.992. The number of piperidine rings is 1. The quantitative estimate of drug-likeness (QED) is 0.761. The van der Waals surface area contributed by atoms with Gasteiger partial charge in [0.05, 0.1) is 0 Å². The maximum Gasteiger partial charge on any atom is 0.323 e. The molecule has 1 heterocycles. The van der Waals surface area contributed by atoms with E-state index in [1.807, 2.05) is 0 Å². The van der Waals surface area contributed by atoms with Crippen molar-refractivity contribution >= 4 is 12.0 Å². The number of aliphatic carboxylic acids is 1. The summed E-state index contributed by atoms with van der Waals surface area (Å²) in [5.74, 6) is -0.296. The van der Waals surface area contributed by atoms with Gasteiger partial charge >= 0.3 is 12.0 Å². The number of nitrogens with zero attached hydrogens (tertiary/aromatic N) is 2. The van der Waals surface area contributed by atoms with Gasteiger partial charge < -0.3 is 14.9 Å². The van der Waals surface area contributed by atoms with E-state index in [1.165, 1.54) is 4.90 Å². The Morgan fingerprint density at radius 1 is 1.44 bits per heavy atom. The van der Waals surface area contributed by atoms with Gasteiger partial charge in [0.15, 0.2) is 0 Å². The molecular weight excluding hydrogens is 232 g/mol. The highest BCUT2D eigenvalue weighted by Gasteiger charge is 2.26. The molecule has 5 nitrogen and oxygen atoms in total. The molecule has 1 N–H and O–H groups in total. The molecule has 102 valence electrons. The lowest BCUT2D eigenvalue weighted by Crippen LogP contribution is -2.48. The van der Waals surface area contributed by atoms with Crippen molar-refractivity contribution in [2.45, 2.75) is 26.2 Å². The van der Waals surface area contributed by atoms with Crippen LogP contribution in [0.15, 0.2) is 12.7 Å². The van der Waals surface area contributed by atoms with Crippen molar-refractivity contribution in [2.24, 2.45) is 5.92 Å². The summed E-state index contributed by atoms with van der Waals surface area (Å²) in [6.07, 6.45) is 4.72. The number of carboxylic acid groups (broad SMARTS) is 1. The average Bonchev–Trinajstić information content (AvgIpc) is 2.37. The first-order valence-electron chi connectivity index (χ1n) is 6.45. The molecule has 0 aromatic heterocycles. The highest BCUT2D eigenvalue weighted by Crippen LogP contribution is 2.20. The highest BCUT2D eigenvalue weighted by atomic mass is 16.4. The second kappa shape index (κ2) is 7.03. The van der Waals surface area contributed by atoms with E-state index in [4.69, 9.17) is 5.11 Å². The second-order valence-corrected chi connectivity index (χ2v) is 4.68. The minimum Gasteiger partial charge on any atom is -0.480 e. The molecular formula is C13H22N2O3. The molecule has 1 aliphatic heterocycles. The Morgan fingerprint density at radius 3 is 2.50 bits per heavy atom. The van der Waals surface area contributed by atoms with Gasteiger partial charge in [0.1, 0.15) is 6.54 Å². The molecule has 0 aromatic rings. The van der Waals surface area contributed by atoms with Crippen LogP contribution in [0.3, 0.4) is 0 Å². The fourth-order valence-corrected chi connectivity index (χ4v) is 2.26. The first-order valence-corrected chi connectivity index (χ1v) is 6.45. The van der Waals surface area contributed by atoms with Crippen molar-refractivity contribution in [3.05, 3.63) is 12.7 Å². The van der Waals surface area contributed by atoms with Crippen molar-refractivity contribution < 1.29 is 14.7 Å². The fraction of sp³-hybridized carbons (Fsp3) is 0.692. The van der Waals surface area contributed by atoms with Gasteiger partial charge in [-0.3, -0.25) is 4.79 Å². The number of likely N-dealkylation sites (tertiary alicyclic amines) is 1. The largest absolute Gasteiger partial charge is 0.480 e. The number of carboxylic acids is 1. The summed E-state index contributed by atoms with van der Waals surface area (Å²) >= 11 is 0. The summed E-state index contributed by atoms with van der Waals surface area (Å²) in [6, 6.07) is -0.188. The van der Waals surface area contributed by atoms with Gasteiger partial charge in [-0.25, -0.2) is 4.79 Å². The topological polar surface area (TPSA) is 60.9 Å². The minimum absolute atomic E-state index is 0.188. The fourth-order valence-electron chi connectivity index (χ4n) is 2.26. The van der Waals surface area contributed by atoms with Crippen LogP contribution >= 0.6 is 0 Å². The average molecular weight is 254 g/mol. The molecule has 0 saturated carbocycles. The van der Waals surface area contributed by atoms with Gasteiger partial charge in [0.2, 0.25) is 0 Å². The summed E-state index contributed by atoms with van der Waals surface area (Å²) in [4.78, 5) is 26.0. The Labute approximate surface area is 108 Å². The normalized spacial score (nSPS) is 16.4. The van der Waals surface area contributed by atoms with Crippen LogP contribution < -0.4 is 0 Å². The van der Waals surface area contributed by atoms with E-state index in [0.717, 1.165) is 32.4 Å². The van der Waals surface area contributed by atoms with Gasteiger partial charge in [-0.2, -0.15) is 0 Å². The standard InChI is InChI=1S/C13H22N2O3/c1-3-7-15(10-12(16)17)13(18)14-8-5-11(4-2)6-9-14/h3,11H,1,4-10H2,2H3,(H,16,17). The summed E-state index contributed by atoms with van der Waals surface area (Å²) < 4.78 is 0. The zero-order valence-corrected chi connectivity index (χ0v) is 11.0. The summed E-state index contributed by atoms with van der Waals surface area (Å²) in [6.45, 7) is 7.18. The highest BCUT2D eigenvalue weighted by molar-refractivity contribution is 5.80. The number of amides is 2. The molecule has 0 bridgehead atoms. The second-order valence-electron chi connectivity index (χ2n) is 4.68. The summed E-state index contributed by atoms with van der Waals surface area (Å²) in [5, 5.41) is 8.79. The molecule has 0 radical (unpaired) electrons. The SMILES string of the molecule is C=CCN(CC(=O)O)C(=O)N1CCC(CC)CC1. The molecule has 0 unspecified atom stereocenters. The predicted molar refractivity (Wildman–Crippen MR) is 69.4 cm³/mol. The molecule has 0 atom stereocenters. The molecule has 1 rings (SSSR count). The molecule has 1 aliphatic rings. The molecule has 5 heteroatoms. The van der Waals surface area contributed by atoms with Crippen LogP contribution in [0.1, 0.15) is 26.2 Å². The van der Waals surface area contributed by atoms with Crippen molar-refractivity contribution in [3.8, 4) is 0 Å². The molecule has 0 aliphatic carbocycles. The Morgan fingerprint density at radius 2 is 2.06 bits per heavy atom. The van der Waals surface area contributed by atoms with E-state index in [9.17, 15) is 9.59 Å². The first-order chi connectivity index (χ1) is 8.58. The molecule has 0 spiro atoms. The van der Waals surface area contributed by atoms with Crippen molar-refractivity contribution in [3.63, 3.8) is 0 Å². The zero-order valence-electron chi connectivity index (χ0n) is 11.0. The van der Waals surface area contributed by atoms with Gasteiger partial charge in [0, 0.05) is 19.6 Å². The maximum absolute atomic E-state index is 12.2. The van der Waals surface area contributed by atoms with Crippen molar-refractivity contribution in [1.29, 1.82) is 0 Å². The van der Waals surface area contributed by atoms with Gasteiger partial charge in [-0.15, -0.1) is 6.58 Å². The van der Waals surface area contributed by atoms with Crippen LogP contribution in [0, 0.1) is 5.92 Å². The first kappa shape index (κ1) is 14.5. The van der Waals surface area contributed by atoms with E-state index in [1.54, 1.807) is 11.0 Å². The monoisotopic (exact) mass is 254 g/mol. The zero-order chi connectivity index (χ0) is 13.5. The Hall–Kier alpha value is -1.52. The molecule has 2 amide bonds. The summed E-state index contributed by atoms with van der Waals surface area (Å²) in [7, 11) is 0. The smallest absolute Gasteiger partial charge is 0.323 e. The molecule has 1 fully saturated rings. The Balaban J connectivity index is 2.55. The lowest BCUT2D eigenvalue weighted by atomic mass is 9.95. The van der Waals surface area contributed by atoms with Gasteiger partial charge in [-0.1, -0.05) is 19.4 Å². The Kier molecular flexibility index (Phi) is 5.68. The third-order valence-electron chi connectivity index (χ3n) is 3.41. The van der Waals surface area contributed by atoms with E-state index in [-0.39, 0.29) is 19.1 Å². The van der Waals surface area contributed by atoms with Crippen LogP contribution in [0.2, 0.25) is 0 Å².